The van der Waals surface area contributed by atoms with Crippen LogP contribution in [-0.2, 0) is 19.8 Å². The Hall–Kier alpha value is -4.95. The Morgan fingerprint density at radius 2 is 1.03 bits per heavy atom. The van der Waals surface area contributed by atoms with Crippen LogP contribution in [-0.4, -0.2) is 25.2 Å². The Labute approximate surface area is 220 Å². The lowest BCUT2D eigenvalue weighted by atomic mass is 10.1. The number of hydrogen-bond donors (Lipinski definition) is 3. The van der Waals surface area contributed by atoms with Gasteiger partial charge in [-0.15, -0.1) is 0 Å². The first-order chi connectivity index (χ1) is 18.6. The molecule has 5 rings (SSSR count). The molecule has 5 aromatic rings. The first-order valence-corrected chi connectivity index (χ1v) is 12.0. The maximum Gasteiger partial charge on any atom is 0.163 e. The molecule has 0 spiro atoms. The van der Waals surface area contributed by atoms with Crippen LogP contribution in [0.5, 0.6) is 23.0 Å². The van der Waals surface area contributed by atoms with E-state index in [0.717, 1.165) is 22.3 Å². The van der Waals surface area contributed by atoms with Crippen LogP contribution in [0.4, 0.5) is 0 Å². The van der Waals surface area contributed by atoms with E-state index in [2.05, 4.69) is 9.97 Å². The third kappa shape index (κ3) is 6.24. The molecular formula is C30H26N4O4. The normalized spacial score (nSPS) is 10.8. The minimum absolute atomic E-state index is 0.176. The Bertz CT molecular complexity index is 1410. The van der Waals surface area contributed by atoms with Crippen molar-refractivity contribution in [2.24, 2.45) is 5.73 Å². The Morgan fingerprint density at radius 3 is 1.45 bits per heavy atom. The van der Waals surface area contributed by atoms with Crippen molar-refractivity contribution >= 4 is 0 Å². The second-order valence-corrected chi connectivity index (χ2v) is 8.57. The van der Waals surface area contributed by atoms with Crippen LogP contribution in [0, 0.1) is 0 Å². The molecule has 0 aliphatic carbocycles. The third-order valence-electron chi connectivity index (χ3n) is 5.72. The van der Waals surface area contributed by atoms with Crippen LogP contribution in [0.25, 0.3) is 22.8 Å². The lowest BCUT2D eigenvalue weighted by Gasteiger charge is -2.11. The number of nitrogens with zero attached hydrogens (tertiary/aromatic N) is 3. The van der Waals surface area contributed by atoms with Crippen LogP contribution in [0.3, 0.4) is 0 Å². The quantitative estimate of drug-likeness (QED) is 0.248. The van der Waals surface area contributed by atoms with Crippen LogP contribution in [0.2, 0.25) is 0 Å². The van der Waals surface area contributed by atoms with Gasteiger partial charge in [-0.2, -0.15) is 0 Å². The smallest absolute Gasteiger partial charge is 0.163 e. The maximum atomic E-state index is 9.45. The fourth-order valence-corrected chi connectivity index (χ4v) is 3.79. The molecule has 0 fully saturated rings. The van der Waals surface area contributed by atoms with E-state index in [1.54, 1.807) is 48.5 Å². The molecule has 0 saturated heterocycles. The van der Waals surface area contributed by atoms with Crippen molar-refractivity contribution in [3.63, 3.8) is 0 Å². The van der Waals surface area contributed by atoms with Crippen LogP contribution < -0.4 is 15.2 Å². The van der Waals surface area contributed by atoms with E-state index in [1.807, 2.05) is 48.5 Å². The molecule has 4 aromatic carbocycles. The summed E-state index contributed by atoms with van der Waals surface area (Å²) in [4.78, 5) is 13.9. The molecule has 0 amide bonds. The van der Waals surface area contributed by atoms with Crippen molar-refractivity contribution in [3.05, 3.63) is 114 Å². The van der Waals surface area contributed by atoms with E-state index in [4.69, 9.17) is 20.2 Å². The second kappa shape index (κ2) is 11.4. The number of rotatable bonds is 9. The zero-order chi connectivity index (χ0) is 26.3. The number of aromatic hydroxyl groups is 2. The first-order valence-electron chi connectivity index (χ1n) is 12.0. The molecule has 0 atom stereocenters. The molecule has 0 aliphatic rings. The van der Waals surface area contributed by atoms with Gasteiger partial charge in [0.05, 0.1) is 6.54 Å². The first kappa shape index (κ1) is 24.7. The van der Waals surface area contributed by atoms with Gasteiger partial charge in [0.1, 0.15) is 42.0 Å². The van der Waals surface area contributed by atoms with Crippen molar-refractivity contribution < 1.29 is 19.7 Å². The molecule has 190 valence electrons. The molecule has 8 heteroatoms. The van der Waals surface area contributed by atoms with Crippen molar-refractivity contribution in [1.29, 1.82) is 0 Å². The number of nitrogens with two attached hydrogens (primary N) is 1. The molecule has 0 aliphatic heterocycles. The second-order valence-electron chi connectivity index (χ2n) is 8.57. The Balaban J connectivity index is 1.36. The van der Waals surface area contributed by atoms with Gasteiger partial charge in [0.25, 0.3) is 0 Å². The summed E-state index contributed by atoms with van der Waals surface area (Å²) in [5.41, 5.74) is 9.45. The lowest BCUT2D eigenvalue weighted by molar-refractivity contribution is 0.305. The standard InChI is InChI=1S/C30H26N4O4/c31-17-28-32-29(22-5-1-3-20(15-22)18-37-26-11-7-24(35)8-12-26)34-30(33-28)23-6-2-4-21(16-23)19-38-27-13-9-25(36)10-14-27/h1-16,35-36H,17-19,31H2. The summed E-state index contributed by atoms with van der Waals surface area (Å²) in [6.07, 6.45) is 0. The number of hydrogen-bond acceptors (Lipinski definition) is 8. The van der Waals surface area contributed by atoms with Crippen molar-refractivity contribution in [2.75, 3.05) is 0 Å². The summed E-state index contributed by atoms with van der Waals surface area (Å²) in [5.74, 6) is 3.24. The molecule has 1 aromatic heterocycles. The number of phenols is 2. The predicted octanol–water partition coefficient (Wildman–Crippen LogP) is 5.23. The topological polar surface area (TPSA) is 124 Å². The molecule has 0 bridgehead atoms. The molecule has 1 heterocycles. The van der Waals surface area contributed by atoms with E-state index in [9.17, 15) is 10.2 Å². The summed E-state index contributed by atoms with van der Waals surface area (Å²) < 4.78 is 11.7. The third-order valence-corrected chi connectivity index (χ3v) is 5.72. The number of aromatic nitrogens is 3. The van der Waals surface area contributed by atoms with E-state index >= 15 is 0 Å². The Morgan fingerprint density at radius 1 is 0.579 bits per heavy atom. The summed E-state index contributed by atoms with van der Waals surface area (Å²) >= 11 is 0. The predicted molar refractivity (Wildman–Crippen MR) is 143 cm³/mol. The van der Waals surface area contributed by atoms with Gasteiger partial charge in [0.2, 0.25) is 0 Å². The average Bonchev–Trinajstić information content (AvgIpc) is 2.96. The van der Waals surface area contributed by atoms with Crippen LogP contribution in [0.1, 0.15) is 17.0 Å². The van der Waals surface area contributed by atoms with E-state index < -0.39 is 0 Å². The largest absolute Gasteiger partial charge is 0.508 e. The minimum atomic E-state index is 0.176. The van der Waals surface area contributed by atoms with Gasteiger partial charge in [-0.1, -0.05) is 36.4 Å². The van der Waals surface area contributed by atoms with Gasteiger partial charge in [0.15, 0.2) is 11.6 Å². The van der Waals surface area contributed by atoms with Crippen LogP contribution >= 0.6 is 0 Å². The van der Waals surface area contributed by atoms with Gasteiger partial charge in [-0.25, -0.2) is 15.0 Å². The molecule has 0 radical (unpaired) electrons. The van der Waals surface area contributed by atoms with Gasteiger partial charge in [-0.3, -0.25) is 0 Å². The molecule has 4 N–H and O–H groups in total. The van der Waals surface area contributed by atoms with E-state index in [1.165, 1.54) is 0 Å². The average molecular weight is 507 g/mol. The molecule has 0 saturated carbocycles. The van der Waals surface area contributed by atoms with Crippen molar-refractivity contribution in [3.8, 4) is 45.8 Å². The van der Waals surface area contributed by atoms with Crippen molar-refractivity contribution in [2.45, 2.75) is 19.8 Å². The molecule has 8 nitrogen and oxygen atoms in total. The van der Waals surface area contributed by atoms with E-state index in [-0.39, 0.29) is 18.0 Å². The molecule has 0 unspecified atom stereocenters. The zero-order valence-corrected chi connectivity index (χ0v) is 20.5. The highest BCUT2D eigenvalue weighted by molar-refractivity contribution is 5.62. The van der Waals surface area contributed by atoms with E-state index in [0.29, 0.717) is 42.2 Å². The highest BCUT2D eigenvalue weighted by atomic mass is 16.5. The number of phenolic OH excluding ortho intramolecular Hbond substituents is 2. The van der Waals surface area contributed by atoms with Gasteiger partial charge in [0, 0.05) is 11.1 Å². The summed E-state index contributed by atoms with van der Waals surface area (Å²) in [7, 11) is 0. The zero-order valence-electron chi connectivity index (χ0n) is 20.5. The Kier molecular flexibility index (Phi) is 7.42. The molecular weight excluding hydrogens is 480 g/mol. The highest BCUT2D eigenvalue weighted by Crippen LogP contribution is 2.24. The molecule has 38 heavy (non-hydrogen) atoms. The lowest BCUT2D eigenvalue weighted by Crippen LogP contribution is -2.08. The minimum Gasteiger partial charge on any atom is -0.508 e. The fourth-order valence-electron chi connectivity index (χ4n) is 3.79. The van der Waals surface area contributed by atoms with Gasteiger partial charge in [-0.05, 0) is 71.8 Å². The summed E-state index contributed by atoms with van der Waals surface area (Å²) in [6.45, 7) is 0.878. The monoisotopic (exact) mass is 506 g/mol. The number of ether oxygens (including phenoxy) is 2. The van der Waals surface area contributed by atoms with Crippen LogP contribution in [0.15, 0.2) is 97.1 Å². The highest BCUT2D eigenvalue weighted by Gasteiger charge is 2.11. The summed E-state index contributed by atoms with van der Waals surface area (Å²) in [6, 6.07) is 28.8. The SMILES string of the molecule is NCc1nc(-c2cccc(COc3ccc(O)cc3)c2)nc(-c2cccc(COc3ccc(O)cc3)c2)n1. The maximum absolute atomic E-state index is 9.45. The number of benzene rings is 4. The van der Waals surface area contributed by atoms with Crippen molar-refractivity contribution in [1.82, 2.24) is 15.0 Å². The van der Waals surface area contributed by atoms with Gasteiger partial charge < -0.3 is 25.4 Å². The fraction of sp³-hybridized carbons (Fsp3) is 0.100. The van der Waals surface area contributed by atoms with Gasteiger partial charge >= 0.3 is 0 Å². The summed E-state index contributed by atoms with van der Waals surface area (Å²) in [5, 5.41) is 18.9.